The Hall–Kier alpha value is -6.43. The number of hydrogen-bond acceptors (Lipinski definition) is 15. The quantitative estimate of drug-likeness (QED) is 0.0165. The Morgan fingerprint density at radius 1 is 0.482 bits per heavy atom. The van der Waals surface area contributed by atoms with Gasteiger partial charge in [-0.15, -0.1) is 0 Å². The Morgan fingerprint density at radius 3 is 1.48 bits per heavy atom. The fourth-order valence-electron chi connectivity index (χ4n) is 10.8. The maximum atomic E-state index is 14.6. The van der Waals surface area contributed by atoms with Crippen molar-refractivity contribution in [3.8, 4) is 0 Å². The van der Waals surface area contributed by atoms with Crippen LogP contribution in [0.5, 0.6) is 0 Å². The van der Waals surface area contributed by atoms with E-state index in [1.165, 1.54) is 4.90 Å². The fraction of sp³-hybridized carbons (Fsp3) is 0.409. The minimum absolute atomic E-state index is 0.0273. The van der Waals surface area contributed by atoms with E-state index >= 15 is 0 Å². The first-order chi connectivity index (χ1) is 41.4. The van der Waals surface area contributed by atoms with E-state index in [1.54, 1.807) is 61.5 Å². The van der Waals surface area contributed by atoms with Crippen LogP contribution in [0.15, 0.2) is 182 Å². The normalized spacial score (nSPS) is 27.5. The van der Waals surface area contributed by atoms with Crippen molar-refractivity contribution in [2.45, 2.75) is 128 Å². The molecule has 1 radical (unpaired) electrons. The third kappa shape index (κ3) is 17.4. The van der Waals surface area contributed by atoms with Crippen LogP contribution in [0.3, 0.4) is 0 Å². The molecule has 0 aromatic heterocycles. The molecule has 3 saturated heterocycles. The SMILES string of the molecule is CC1[C@@H](OCN(Cc2ccccc2)C(=O)OCc2ccccc2)OC(COCc2ccccc2)[C@@H](O[C@@H]2OC(COCc3ccccc3)[C@@H](C)[C@H](O[C@@H]3OC(C)[C@H](C)[C@H](C)C3OC(=O)c3ccccc3)C2OC(=O)c2ccccc2)[C@@H]1P[B]B=O. The summed E-state index contributed by atoms with van der Waals surface area (Å²) in [6.07, 6.45) is -10.3. The van der Waals surface area contributed by atoms with Crippen molar-refractivity contribution in [3.63, 3.8) is 0 Å². The summed E-state index contributed by atoms with van der Waals surface area (Å²) in [5.74, 6) is -2.59. The molecule has 19 heteroatoms. The second kappa shape index (κ2) is 31.8. The first-order valence-corrected chi connectivity index (χ1v) is 30.3. The van der Waals surface area contributed by atoms with Gasteiger partial charge in [-0.2, -0.15) is 0 Å². The first-order valence-electron chi connectivity index (χ1n) is 29.1. The molecule has 1 amide bonds. The Labute approximate surface area is 501 Å². The predicted octanol–water partition coefficient (Wildman–Crippen LogP) is 10.8. The molecule has 3 heterocycles. The summed E-state index contributed by atoms with van der Waals surface area (Å²) in [6.45, 7) is 12.0. The molecule has 0 aliphatic carbocycles. The van der Waals surface area contributed by atoms with Gasteiger partial charge in [0, 0.05) is 0 Å². The van der Waals surface area contributed by atoms with Gasteiger partial charge in [-0.1, -0.05) is 105 Å². The summed E-state index contributed by atoms with van der Waals surface area (Å²) in [6, 6.07) is 55.8. The molecule has 3 fully saturated rings. The number of carbonyl (C=O) groups excluding carboxylic acids is 3. The Bertz CT molecular complexity index is 2980. The van der Waals surface area contributed by atoms with Crippen molar-refractivity contribution in [1.82, 2.24) is 4.90 Å². The van der Waals surface area contributed by atoms with E-state index in [-0.39, 0.29) is 78.3 Å². The van der Waals surface area contributed by atoms with Crippen LogP contribution < -0.4 is 0 Å². The van der Waals surface area contributed by atoms with Gasteiger partial charge in [-0.25, -0.2) is 4.79 Å². The van der Waals surface area contributed by atoms with E-state index in [0.717, 1.165) is 29.3 Å². The third-order valence-electron chi connectivity index (χ3n) is 16.0. The van der Waals surface area contributed by atoms with Gasteiger partial charge in [0.1, 0.15) is 0 Å². The molecule has 6 aromatic rings. The number of esters is 2. The van der Waals surface area contributed by atoms with E-state index in [2.05, 4.69) is 0 Å². The van der Waals surface area contributed by atoms with Crippen molar-refractivity contribution in [1.29, 1.82) is 0 Å². The fourth-order valence-corrected chi connectivity index (χ4v) is 12.1. The summed E-state index contributed by atoms with van der Waals surface area (Å²) in [4.78, 5) is 44.0. The van der Waals surface area contributed by atoms with Crippen molar-refractivity contribution < 1.29 is 71.2 Å². The van der Waals surface area contributed by atoms with Crippen LogP contribution in [-0.4, -0.2) is 124 Å². The zero-order chi connectivity index (χ0) is 59.5. The predicted molar refractivity (Wildman–Crippen MR) is 320 cm³/mol. The number of amides is 1. The molecule has 3 aliphatic heterocycles. The molecule has 445 valence electrons. The van der Waals surface area contributed by atoms with E-state index in [4.69, 9.17) is 52.1 Å². The summed E-state index contributed by atoms with van der Waals surface area (Å²) in [7, 11) is 0.602. The Kier molecular flexibility index (Phi) is 23.6. The number of nitrogens with zero attached hydrogens (tertiary/aromatic N) is 1. The van der Waals surface area contributed by atoms with Gasteiger partial charge in [0.2, 0.25) is 0 Å². The molecule has 0 saturated carbocycles. The third-order valence-corrected chi connectivity index (χ3v) is 17.6. The van der Waals surface area contributed by atoms with Gasteiger partial charge in [0.25, 0.3) is 0 Å². The first kappa shape index (κ1) is 63.1. The standard InChI is InChI=1S/C66H75B2NO15P/c1-43-44(2)57(81-61(70)52-32-20-10-21-33-52)64(78-47(43)5)83-56-45(3)54(40-74-37-49-26-14-7-15-27-49)79-65(59(56)82-62(71)53-34-22-11-23-35-53)84-58-55(41-75-38-50-28-16-8-17-29-50)80-63(46(4)60(58)85-68-67-73)77-42-69(36-48-24-12-6-13-25-48)66(72)76-39-51-30-18-9-19-31-51/h6-35,43-47,54-60,63-65,85H,36-42H2,1-5H3/t43-,44+,45-,46?,47?,54?,55?,56+,57?,58-,59?,60-,63+,64+,65+/m1/s1. The molecule has 7 unspecified atom stereocenters. The molecule has 85 heavy (non-hydrogen) atoms. The zero-order valence-corrected chi connectivity index (χ0v) is 49.7. The molecule has 9 rings (SSSR count). The second-order valence-electron chi connectivity index (χ2n) is 21.9. The topological polar surface area (TPSA) is 173 Å². The molecule has 16 atom stereocenters. The average Bonchev–Trinajstić information content (AvgIpc) is 3.55. The van der Waals surface area contributed by atoms with Crippen LogP contribution in [0.4, 0.5) is 4.79 Å². The van der Waals surface area contributed by atoms with Gasteiger partial charge in [-0.3, -0.25) is 0 Å². The van der Waals surface area contributed by atoms with Gasteiger partial charge >= 0.3 is 364 Å². The van der Waals surface area contributed by atoms with Crippen LogP contribution >= 0.6 is 8.46 Å². The molecule has 0 N–H and O–H groups in total. The molecular weight excluding hydrogens is 1100 g/mol. The second-order valence-corrected chi connectivity index (χ2v) is 23.3. The monoisotopic (exact) mass is 1170 g/mol. The van der Waals surface area contributed by atoms with Gasteiger partial charge in [0.15, 0.2) is 0 Å². The van der Waals surface area contributed by atoms with E-state index < -0.39 is 91.0 Å². The van der Waals surface area contributed by atoms with Crippen molar-refractivity contribution >= 4 is 40.4 Å². The molecular formula is C66H75B2NO15P. The number of ether oxygens (including phenoxy) is 11. The maximum absolute atomic E-state index is 14.6. The summed E-state index contributed by atoms with van der Waals surface area (Å²) >= 11 is 0. The molecule has 16 nitrogen and oxygen atoms in total. The Balaban J connectivity index is 1.06. The molecule has 0 bridgehead atoms. The zero-order valence-electron chi connectivity index (χ0n) is 48.7. The summed E-state index contributed by atoms with van der Waals surface area (Å²) in [5.41, 5.74) is 3.66. The van der Waals surface area contributed by atoms with E-state index in [1.807, 2.05) is 162 Å². The van der Waals surface area contributed by atoms with Crippen LogP contribution in [0.25, 0.3) is 0 Å². The van der Waals surface area contributed by atoms with E-state index in [0.29, 0.717) is 5.56 Å². The number of rotatable bonds is 26. The van der Waals surface area contributed by atoms with Crippen LogP contribution in [0.2, 0.25) is 0 Å². The van der Waals surface area contributed by atoms with Crippen LogP contribution in [0, 0.1) is 23.7 Å². The molecule has 0 spiro atoms. The number of benzene rings is 6. The van der Waals surface area contributed by atoms with Crippen LogP contribution in [-0.2, 0) is 83.2 Å². The van der Waals surface area contributed by atoms with E-state index in [9.17, 15) is 19.1 Å². The number of hydrogen-bond donors (Lipinski definition) is 0. The van der Waals surface area contributed by atoms with Gasteiger partial charge < -0.3 is 0 Å². The van der Waals surface area contributed by atoms with Crippen molar-refractivity contribution in [2.24, 2.45) is 23.7 Å². The van der Waals surface area contributed by atoms with Gasteiger partial charge in [0.05, 0.1) is 5.56 Å². The van der Waals surface area contributed by atoms with Gasteiger partial charge in [-0.05, 0) is 25.0 Å². The molecule has 3 aliphatic rings. The average molecular weight is 1170 g/mol. The summed E-state index contributed by atoms with van der Waals surface area (Å²) in [5, 5.41) is 0. The number of carbonyl (C=O) groups is 3. The minimum atomic E-state index is -1.39. The van der Waals surface area contributed by atoms with Crippen LogP contribution in [0.1, 0.15) is 77.6 Å². The van der Waals surface area contributed by atoms with Crippen molar-refractivity contribution in [2.75, 3.05) is 19.9 Å². The Morgan fingerprint density at radius 2 is 0.941 bits per heavy atom. The van der Waals surface area contributed by atoms with Crippen molar-refractivity contribution in [3.05, 3.63) is 215 Å². The molecule has 6 aromatic carbocycles. The summed E-state index contributed by atoms with van der Waals surface area (Å²) < 4.78 is 86.2.